The molecule has 0 aromatic heterocycles. The molecule has 0 aromatic rings. The molecule has 1 aliphatic rings. The lowest BCUT2D eigenvalue weighted by atomic mass is 10.0. The second-order valence-electron chi connectivity index (χ2n) is 2.52. The van der Waals surface area contributed by atoms with E-state index >= 15 is 0 Å². The minimum absolute atomic E-state index is 0.187. The van der Waals surface area contributed by atoms with E-state index < -0.39 is 0 Å². The van der Waals surface area contributed by atoms with Gasteiger partial charge in [-0.15, -0.1) is 0 Å². The summed E-state index contributed by atoms with van der Waals surface area (Å²) in [5.74, 6) is 0. The molecule has 0 aromatic carbocycles. The third-order valence-electron chi connectivity index (χ3n) is 1.71. The predicted octanol–water partition coefficient (Wildman–Crippen LogP) is -0.908. The highest BCUT2D eigenvalue weighted by atomic mass is 16.3. The average molecular weight is 131 g/mol. The van der Waals surface area contributed by atoms with Gasteiger partial charge in [0.25, 0.3) is 0 Å². The predicted molar refractivity (Wildman–Crippen MR) is 34.1 cm³/mol. The topological polar surface area (TPSA) is 52.5 Å². The summed E-state index contributed by atoms with van der Waals surface area (Å²) in [7, 11) is 0. The molecule has 54 valence electrons. The smallest absolute Gasteiger partial charge is 0.0665 e. The van der Waals surface area contributed by atoms with Crippen LogP contribution in [0.25, 0.3) is 0 Å². The Morgan fingerprint density at radius 1 is 1.44 bits per heavy atom. The Kier molecular flexibility index (Phi) is 2.45. The number of hydrogen-bond donors (Lipinski definition) is 3. The molecule has 0 radical (unpaired) electrons. The standard InChI is InChI=1S/C6H13NO2/c8-4-5-1-2-6(9)3-7-5/h5-9H,1-4H2/t5-,6-/m1/s1. The molecule has 1 fully saturated rings. The van der Waals surface area contributed by atoms with Crippen molar-refractivity contribution >= 4 is 0 Å². The van der Waals surface area contributed by atoms with Gasteiger partial charge in [0.05, 0.1) is 12.7 Å². The first-order valence-corrected chi connectivity index (χ1v) is 3.35. The molecule has 0 spiro atoms. The molecule has 3 heteroatoms. The summed E-state index contributed by atoms with van der Waals surface area (Å²) in [6.45, 7) is 0.817. The maximum absolute atomic E-state index is 8.98. The lowest BCUT2D eigenvalue weighted by molar-refractivity contribution is 0.108. The van der Waals surface area contributed by atoms with E-state index in [2.05, 4.69) is 5.32 Å². The van der Waals surface area contributed by atoms with E-state index in [9.17, 15) is 0 Å². The number of aliphatic hydroxyl groups is 2. The Morgan fingerprint density at radius 2 is 2.22 bits per heavy atom. The van der Waals surface area contributed by atoms with Crippen molar-refractivity contribution in [1.29, 1.82) is 0 Å². The number of hydrogen-bond acceptors (Lipinski definition) is 3. The molecule has 0 saturated carbocycles. The first-order chi connectivity index (χ1) is 4.33. The second-order valence-corrected chi connectivity index (χ2v) is 2.52. The second kappa shape index (κ2) is 3.15. The van der Waals surface area contributed by atoms with Crippen molar-refractivity contribution in [3.05, 3.63) is 0 Å². The Balaban J connectivity index is 2.18. The molecule has 3 nitrogen and oxygen atoms in total. The number of rotatable bonds is 1. The minimum atomic E-state index is -0.201. The van der Waals surface area contributed by atoms with E-state index in [0.717, 1.165) is 12.8 Å². The highest BCUT2D eigenvalue weighted by molar-refractivity contribution is 4.75. The summed E-state index contributed by atoms with van der Waals surface area (Å²) in [5, 5.41) is 20.6. The van der Waals surface area contributed by atoms with E-state index in [1.54, 1.807) is 0 Å². The van der Waals surface area contributed by atoms with Crippen molar-refractivity contribution in [2.45, 2.75) is 25.0 Å². The third kappa shape index (κ3) is 1.93. The van der Waals surface area contributed by atoms with E-state index in [-0.39, 0.29) is 18.8 Å². The summed E-state index contributed by atoms with van der Waals surface area (Å²) in [6.07, 6.45) is 1.50. The van der Waals surface area contributed by atoms with Gasteiger partial charge in [-0.05, 0) is 12.8 Å². The van der Waals surface area contributed by atoms with Crippen LogP contribution in [0.2, 0.25) is 0 Å². The number of piperidine rings is 1. The van der Waals surface area contributed by atoms with Gasteiger partial charge in [0.1, 0.15) is 0 Å². The molecule has 0 bridgehead atoms. The first-order valence-electron chi connectivity index (χ1n) is 3.35. The Morgan fingerprint density at radius 3 is 2.67 bits per heavy atom. The van der Waals surface area contributed by atoms with Crippen LogP contribution < -0.4 is 5.32 Å². The zero-order valence-electron chi connectivity index (χ0n) is 5.38. The molecule has 9 heavy (non-hydrogen) atoms. The summed E-state index contributed by atoms with van der Waals surface area (Å²) in [5.41, 5.74) is 0. The molecular formula is C6H13NO2. The van der Waals surface area contributed by atoms with Crippen LogP contribution in [0.1, 0.15) is 12.8 Å². The van der Waals surface area contributed by atoms with E-state index in [1.165, 1.54) is 0 Å². The summed E-state index contributed by atoms with van der Waals surface area (Å²) in [4.78, 5) is 0. The van der Waals surface area contributed by atoms with Crippen molar-refractivity contribution in [2.75, 3.05) is 13.2 Å². The van der Waals surface area contributed by atoms with Crippen LogP contribution in [-0.2, 0) is 0 Å². The molecular weight excluding hydrogens is 118 g/mol. The van der Waals surface area contributed by atoms with Gasteiger partial charge in [0, 0.05) is 12.6 Å². The van der Waals surface area contributed by atoms with Gasteiger partial charge in [-0.3, -0.25) is 0 Å². The molecule has 1 aliphatic heterocycles. The quantitative estimate of drug-likeness (QED) is 0.432. The van der Waals surface area contributed by atoms with Crippen molar-refractivity contribution in [3.8, 4) is 0 Å². The normalized spacial score (nSPS) is 36.7. The fraction of sp³-hybridized carbons (Fsp3) is 1.00. The fourth-order valence-electron chi connectivity index (χ4n) is 1.06. The van der Waals surface area contributed by atoms with Gasteiger partial charge < -0.3 is 15.5 Å². The van der Waals surface area contributed by atoms with Gasteiger partial charge >= 0.3 is 0 Å². The SMILES string of the molecule is OC[C@H]1CC[C@@H](O)CN1. The van der Waals surface area contributed by atoms with Gasteiger partial charge in [-0.1, -0.05) is 0 Å². The van der Waals surface area contributed by atoms with E-state index in [1.807, 2.05) is 0 Å². The molecule has 1 heterocycles. The molecule has 0 aliphatic carbocycles. The molecule has 0 amide bonds. The van der Waals surface area contributed by atoms with Crippen LogP contribution in [0.5, 0.6) is 0 Å². The monoisotopic (exact) mass is 131 g/mol. The first kappa shape index (κ1) is 6.99. The Labute approximate surface area is 54.7 Å². The molecule has 1 rings (SSSR count). The van der Waals surface area contributed by atoms with E-state index in [4.69, 9.17) is 10.2 Å². The van der Waals surface area contributed by atoms with Crippen LogP contribution >= 0.6 is 0 Å². The fourth-order valence-corrected chi connectivity index (χ4v) is 1.06. The van der Waals surface area contributed by atoms with Crippen molar-refractivity contribution < 1.29 is 10.2 Å². The zero-order chi connectivity index (χ0) is 6.69. The van der Waals surface area contributed by atoms with Crippen molar-refractivity contribution in [3.63, 3.8) is 0 Å². The maximum Gasteiger partial charge on any atom is 0.0665 e. The highest BCUT2D eigenvalue weighted by Gasteiger charge is 2.16. The highest BCUT2D eigenvalue weighted by Crippen LogP contribution is 2.06. The summed E-state index contributed by atoms with van der Waals surface area (Å²) >= 11 is 0. The van der Waals surface area contributed by atoms with Gasteiger partial charge in [0.15, 0.2) is 0 Å². The van der Waals surface area contributed by atoms with Gasteiger partial charge in [-0.2, -0.15) is 0 Å². The molecule has 1 saturated heterocycles. The van der Waals surface area contributed by atoms with Crippen LogP contribution in [-0.4, -0.2) is 35.5 Å². The maximum atomic E-state index is 8.98. The minimum Gasteiger partial charge on any atom is -0.395 e. The molecule has 3 N–H and O–H groups in total. The lowest BCUT2D eigenvalue weighted by Gasteiger charge is -2.25. The van der Waals surface area contributed by atoms with Gasteiger partial charge in [0.2, 0.25) is 0 Å². The average Bonchev–Trinajstić information content (AvgIpc) is 1.90. The number of β-amino-alcohol motifs (C(OH)–C–C–N with tert-alkyl or cyclic N) is 1. The lowest BCUT2D eigenvalue weighted by Crippen LogP contribution is -2.43. The number of nitrogens with one attached hydrogen (secondary N) is 1. The van der Waals surface area contributed by atoms with Crippen molar-refractivity contribution in [2.24, 2.45) is 0 Å². The molecule has 0 unspecified atom stereocenters. The summed E-state index contributed by atoms with van der Waals surface area (Å²) < 4.78 is 0. The van der Waals surface area contributed by atoms with Gasteiger partial charge in [-0.25, -0.2) is 0 Å². The Bertz CT molecular complexity index is 79.1. The van der Waals surface area contributed by atoms with Crippen LogP contribution in [0.3, 0.4) is 0 Å². The number of aliphatic hydroxyl groups excluding tert-OH is 2. The van der Waals surface area contributed by atoms with Crippen molar-refractivity contribution in [1.82, 2.24) is 5.32 Å². The zero-order valence-corrected chi connectivity index (χ0v) is 5.38. The van der Waals surface area contributed by atoms with E-state index in [0.29, 0.717) is 6.54 Å². The third-order valence-corrected chi connectivity index (χ3v) is 1.71. The Hall–Kier alpha value is -0.120. The largest absolute Gasteiger partial charge is 0.395 e. The summed E-state index contributed by atoms with van der Waals surface area (Å²) in [6, 6.07) is 0.216. The van der Waals surface area contributed by atoms with Crippen LogP contribution in [0.4, 0.5) is 0 Å². The van der Waals surface area contributed by atoms with Crippen LogP contribution in [0, 0.1) is 0 Å². The molecule has 2 atom stereocenters. The van der Waals surface area contributed by atoms with Crippen LogP contribution in [0.15, 0.2) is 0 Å².